The Labute approximate surface area is 319 Å². The maximum Gasteiger partial charge on any atom is 0.149 e. The number of aromatic nitrogens is 2. The minimum Gasteiger partial charge on any atom is -0.455 e. The van der Waals surface area contributed by atoms with Crippen molar-refractivity contribution in [3.8, 4) is 39.3 Å². The first-order chi connectivity index (χ1) is 26.8. The molecule has 2 aromatic heterocycles. The number of furan rings is 1. The van der Waals surface area contributed by atoms with Crippen molar-refractivity contribution < 1.29 is 8.81 Å². The van der Waals surface area contributed by atoms with Gasteiger partial charge in [-0.15, -0.1) is 0 Å². The molecule has 0 fully saturated rings. The molecule has 0 amide bonds. The van der Waals surface area contributed by atoms with Crippen LogP contribution in [-0.2, 0) is 0 Å². The largest absolute Gasteiger partial charge is 0.455 e. The average Bonchev–Trinajstić information content (AvgIpc) is 3.78. The number of rotatable bonds is 6. The van der Waals surface area contributed by atoms with Gasteiger partial charge in [-0.05, 0) is 116 Å². The van der Waals surface area contributed by atoms with E-state index in [1.807, 2.05) is 36.4 Å². The van der Waals surface area contributed by atoms with E-state index in [1.54, 1.807) is 6.07 Å². The summed E-state index contributed by atoms with van der Waals surface area (Å²) < 4.78 is 25.0. The summed E-state index contributed by atoms with van der Waals surface area (Å²) >= 11 is 0. The summed E-state index contributed by atoms with van der Waals surface area (Å²) in [7, 11) is 0. The normalized spacial score (nSPS) is 12.1. The molecule has 0 aliphatic heterocycles. The van der Waals surface area contributed by atoms with Gasteiger partial charge in [-0.3, -0.25) is 4.57 Å². The van der Waals surface area contributed by atoms with Gasteiger partial charge in [0.2, 0.25) is 0 Å². The van der Waals surface area contributed by atoms with E-state index < -0.39 is 0 Å². The van der Waals surface area contributed by atoms with E-state index in [9.17, 15) is 0 Å². The smallest absolute Gasteiger partial charge is 0.149 e. The fourth-order valence-electron chi connectivity index (χ4n) is 8.44. The number of fused-ring (bicyclic) bond motifs is 7. The number of hydrogen-bond donors (Lipinski definition) is 0. The molecular formula is C51H39FN2O. The SMILES string of the molecule is CC(C)c1cc(-c2ccccc2)cc(C(C)C)c1-n1c(-c2cccc3c2oc2cc4c(ccc5cc(-c6ccccc6)c(F)cc54)cc23)nc2ccccc21. The van der Waals surface area contributed by atoms with Gasteiger partial charge in [-0.2, -0.15) is 0 Å². The molecule has 0 aliphatic carbocycles. The van der Waals surface area contributed by atoms with E-state index in [0.29, 0.717) is 5.56 Å². The maximum atomic E-state index is 15.8. The summed E-state index contributed by atoms with van der Waals surface area (Å²) in [5, 5.41) is 5.88. The van der Waals surface area contributed by atoms with Crippen LogP contribution in [-0.4, -0.2) is 9.55 Å². The maximum absolute atomic E-state index is 15.8. The highest BCUT2D eigenvalue weighted by Crippen LogP contribution is 2.44. The molecule has 0 unspecified atom stereocenters. The van der Waals surface area contributed by atoms with Gasteiger partial charge >= 0.3 is 0 Å². The molecule has 0 saturated carbocycles. The molecule has 4 heteroatoms. The highest BCUT2D eigenvalue weighted by molar-refractivity contribution is 6.18. The Morgan fingerprint density at radius 1 is 0.527 bits per heavy atom. The number of para-hydroxylation sites is 3. The molecule has 2 heterocycles. The Bertz CT molecular complexity index is 3070. The number of hydrogen-bond acceptors (Lipinski definition) is 2. The zero-order valence-electron chi connectivity index (χ0n) is 31.3. The molecule has 0 spiro atoms. The van der Waals surface area contributed by atoms with Crippen LogP contribution in [0.5, 0.6) is 0 Å². The van der Waals surface area contributed by atoms with Crippen molar-refractivity contribution in [2.45, 2.75) is 39.5 Å². The molecule has 0 saturated heterocycles. The van der Waals surface area contributed by atoms with Crippen molar-refractivity contribution in [2.24, 2.45) is 0 Å². The average molecular weight is 715 g/mol. The van der Waals surface area contributed by atoms with E-state index in [2.05, 4.69) is 141 Å². The molecule has 55 heavy (non-hydrogen) atoms. The Hall–Kier alpha value is -6.52. The van der Waals surface area contributed by atoms with Crippen LogP contribution in [0.25, 0.3) is 93.8 Å². The Morgan fingerprint density at radius 2 is 1.16 bits per heavy atom. The van der Waals surface area contributed by atoms with Crippen molar-refractivity contribution in [3.63, 3.8) is 0 Å². The molecule has 0 aliphatic rings. The van der Waals surface area contributed by atoms with Crippen molar-refractivity contribution in [1.82, 2.24) is 9.55 Å². The van der Waals surface area contributed by atoms with Gasteiger partial charge in [-0.1, -0.05) is 125 Å². The third-order valence-electron chi connectivity index (χ3n) is 11.2. The summed E-state index contributed by atoms with van der Waals surface area (Å²) in [6, 6.07) is 52.0. The minimum atomic E-state index is -0.240. The summed E-state index contributed by atoms with van der Waals surface area (Å²) in [6.07, 6.45) is 0. The monoisotopic (exact) mass is 714 g/mol. The molecule has 8 aromatic carbocycles. The summed E-state index contributed by atoms with van der Waals surface area (Å²) in [4.78, 5) is 5.36. The first-order valence-corrected chi connectivity index (χ1v) is 19.1. The topological polar surface area (TPSA) is 31.0 Å². The second-order valence-corrected chi connectivity index (χ2v) is 15.3. The highest BCUT2D eigenvalue weighted by atomic mass is 19.1. The zero-order chi connectivity index (χ0) is 37.4. The van der Waals surface area contributed by atoms with Crippen LogP contribution in [0.3, 0.4) is 0 Å². The molecule has 10 aromatic rings. The standard InChI is InChI=1S/C51H39FN2O/c1-30(2)39-26-36(32-14-7-5-8-15-32)27-40(31(3)4)49(39)54-47-21-12-11-20-46(47)53-51(54)38-19-13-18-37-44-25-35-23-22-34-24-43(33-16-9-6-10-17-33)45(52)28-41(34)42(35)29-48(44)55-50(37)38/h5-31H,1-4H3. The second-order valence-electron chi connectivity index (χ2n) is 15.3. The summed E-state index contributed by atoms with van der Waals surface area (Å²) in [6.45, 7) is 9.11. The number of benzene rings is 8. The van der Waals surface area contributed by atoms with Crippen molar-refractivity contribution in [3.05, 3.63) is 169 Å². The molecule has 0 atom stereocenters. The van der Waals surface area contributed by atoms with Gasteiger partial charge in [0, 0.05) is 16.3 Å². The lowest BCUT2D eigenvalue weighted by Crippen LogP contribution is -2.09. The Kier molecular flexibility index (Phi) is 7.71. The summed E-state index contributed by atoms with van der Waals surface area (Å²) in [5.74, 6) is 1.11. The highest BCUT2D eigenvalue weighted by Gasteiger charge is 2.25. The van der Waals surface area contributed by atoms with Crippen molar-refractivity contribution >= 4 is 54.5 Å². The van der Waals surface area contributed by atoms with Crippen LogP contribution >= 0.6 is 0 Å². The number of nitrogens with zero attached hydrogens (tertiary/aromatic N) is 2. The predicted molar refractivity (Wildman–Crippen MR) is 228 cm³/mol. The predicted octanol–water partition coefficient (Wildman–Crippen LogP) is 14.6. The van der Waals surface area contributed by atoms with Crippen molar-refractivity contribution in [1.29, 1.82) is 0 Å². The minimum absolute atomic E-state index is 0.240. The van der Waals surface area contributed by atoms with Crippen LogP contribution in [0.4, 0.5) is 4.39 Å². The van der Waals surface area contributed by atoms with Crippen LogP contribution in [0.2, 0.25) is 0 Å². The van der Waals surface area contributed by atoms with E-state index in [1.165, 1.54) is 27.9 Å². The quantitative estimate of drug-likeness (QED) is 0.161. The molecule has 0 bridgehead atoms. The number of halogens is 1. The second kappa shape index (κ2) is 12.8. The van der Waals surface area contributed by atoms with E-state index >= 15 is 4.39 Å². The van der Waals surface area contributed by atoms with Gasteiger partial charge in [0.25, 0.3) is 0 Å². The van der Waals surface area contributed by atoms with Gasteiger partial charge in [0.1, 0.15) is 22.8 Å². The first kappa shape index (κ1) is 33.1. The molecule has 10 rings (SSSR count). The zero-order valence-corrected chi connectivity index (χ0v) is 31.3. The Balaban J connectivity index is 1.22. The number of imidazole rings is 1. The lowest BCUT2D eigenvalue weighted by atomic mass is 9.88. The first-order valence-electron chi connectivity index (χ1n) is 19.1. The van der Waals surface area contributed by atoms with Crippen LogP contribution < -0.4 is 0 Å². The molecule has 3 nitrogen and oxygen atoms in total. The Morgan fingerprint density at radius 3 is 1.87 bits per heavy atom. The van der Waals surface area contributed by atoms with Crippen LogP contribution in [0.15, 0.2) is 156 Å². The fourth-order valence-corrected chi connectivity index (χ4v) is 8.44. The van der Waals surface area contributed by atoms with Gasteiger partial charge in [-0.25, -0.2) is 9.37 Å². The molecular weight excluding hydrogens is 676 g/mol. The third kappa shape index (κ3) is 5.35. The van der Waals surface area contributed by atoms with Gasteiger partial charge in [0.15, 0.2) is 0 Å². The van der Waals surface area contributed by atoms with Crippen LogP contribution in [0.1, 0.15) is 50.7 Å². The van der Waals surface area contributed by atoms with Gasteiger partial charge in [0.05, 0.1) is 22.3 Å². The fraction of sp³-hybridized carbons (Fsp3) is 0.118. The molecule has 266 valence electrons. The summed E-state index contributed by atoms with van der Waals surface area (Å²) in [5.41, 5.74) is 12.1. The van der Waals surface area contributed by atoms with E-state index in [-0.39, 0.29) is 17.7 Å². The van der Waals surface area contributed by atoms with E-state index in [4.69, 9.17) is 9.40 Å². The van der Waals surface area contributed by atoms with Crippen LogP contribution in [0, 0.1) is 5.82 Å². The van der Waals surface area contributed by atoms with Crippen molar-refractivity contribution in [2.75, 3.05) is 0 Å². The molecule has 0 radical (unpaired) electrons. The van der Waals surface area contributed by atoms with E-state index in [0.717, 1.165) is 71.5 Å². The van der Waals surface area contributed by atoms with Gasteiger partial charge < -0.3 is 4.42 Å². The lowest BCUT2D eigenvalue weighted by molar-refractivity contribution is 0.633. The third-order valence-corrected chi connectivity index (χ3v) is 11.2. The lowest BCUT2D eigenvalue weighted by Gasteiger charge is -2.24. The molecule has 0 N–H and O–H groups in total.